The Hall–Kier alpha value is -2.15. The Morgan fingerprint density at radius 1 is 1.24 bits per heavy atom. The summed E-state index contributed by atoms with van der Waals surface area (Å²) in [5.74, 6) is 1.14. The van der Waals surface area contributed by atoms with Crippen molar-refractivity contribution >= 4 is 38.7 Å². The van der Waals surface area contributed by atoms with Crippen molar-refractivity contribution in [2.45, 2.75) is 78.9 Å². The molecule has 0 atom stereocenters. The van der Waals surface area contributed by atoms with Crippen LogP contribution in [0, 0.1) is 6.92 Å². The lowest BCUT2D eigenvalue weighted by molar-refractivity contribution is 0.0527. The molecule has 0 aliphatic carbocycles. The fourth-order valence-corrected chi connectivity index (χ4v) is 4.43. The monoisotopic (exact) mass is 416 g/mol. The number of pyridine rings is 1. The van der Waals surface area contributed by atoms with Crippen LogP contribution in [0.4, 0.5) is 4.79 Å². The topological polar surface area (TPSA) is 69.0 Å². The Bertz CT molecular complexity index is 984. The maximum absolute atomic E-state index is 11.8. The summed E-state index contributed by atoms with van der Waals surface area (Å²) in [6.45, 7) is 11.4. The highest BCUT2D eigenvalue weighted by molar-refractivity contribution is 7.19. The van der Waals surface area contributed by atoms with Gasteiger partial charge in [-0.1, -0.05) is 13.3 Å². The van der Waals surface area contributed by atoms with Crippen LogP contribution in [0.25, 0.3) is 21.3 Å². The van der Waals surface area contributed by atoms with Crippen LogP contribution in [0.5, 0.6) is 0 Å². The van der Waals surface area contributed by atoms with Crippen LogP contribution in [-0.2, 0) is 17.7 Å². The van der Waals surface area contributed by atoms with Crippen LogP contribution in [0.1, 0.15) is 64.1 Å². The molecule has 0 unspecified atom stereocenters. The Kier molecular flexibility index (Phi) is 6.77. The lowest BCUT2D eigenvalue weighted by Crippen LogP contribution is -2.33. The predicted octanol–water partition coefficient (Wildman–Crippen LogP) is 5.60. The third-order valence-corrected chi connectivity index (χ3v) is 5.73. The number of aryl methyl sites for hydroxylation is 3. The molecular formula is C22H32N4O2S. The number of alkyl carbamates (subject to hydrolysis) is 1. The minimum absolute atomic E-state index is 0.351. The zero-order valence-electron chi connectivity index (χ0n) is 18.2. The van der Waals surface area contributed by atoms with Gasteiger partial charge < -0.3 is 14.6 Å². The van der Waals surface area contributed by atoms with Gasteiger partial charge in [0.2, 0.25) is 0 Å². The summed E-state index contributed by atoms with van der Waals surface area (Å²) in [6, 6.07) is 2.15. The molecule has 158 valence electrons. The van der Waals surface area contributed by atoms with E-state index in [2.05, 4.69) is 34.8 Å². The summed E-state index contributed by atoms with van der Waals surface area (Å²) in [5, 5.41) is 2.84. The number of hydrogen-bond donors (Lipinski definition) is 1. The molecular weight excluding hydrogens is 384 g/mol. The molecule has 3 rings (SSSR count). The zero-order valence-corrected chi connectivity index (χ0v) is 19.0. The first-order chi connectivity index (χ1) is 13.8. The lowest BCUT2D eigenvalue weighted by Gasteiger charge is -2.19. The highest BCUT2D eigenvalue weighted by atomic mass is 32.1. The quantitative estimate of drug-likeness (QED) is 0.485. The molecule has 0 radical (unpaired) electrons. The van der Waals surface area contributed by atoms with Crippen LogP contribution in [0.2, 0.25) is 0 Å². The summed E-state index contributed by atoms with van der Waals surface area (Å²) >= 11 is 1.79. The average molecular weight is 417 g/mol. The molecule has 6 nitrogen and oxygen atoms in total. The van der Waals surface area contributed by atoms with Crippen LogP contribution in [-0.4, -0.2) is 32.8 Å². The third-order valence-electron chi connectivity index (χ3n) is 4.68. The maximum Gasteiger partial charge on any atom is 0.407 e. The number of carbonyl (C=O) groups excluding carboxylic acids is 1. The van der Waals surface area contributed by atoms with Gasteiger partial charge >= 0.3 is 6.09 Å². The lowest BCUT2D eigenvalue weighted by atomic mass is 10.2. The summed E-state index contributed by atoms with van der Waals surface area (Å²) in [5.41, 5.74) is 2.78. The number of ether oxygens (including phenoxy) is 1. The van der Waals surface area contributed by atoms with Gasteiger partial charge in [-0.15, -0.1) is 11.3 Å². The summed E-state index contributed by atoms with van der Waals surface area (Å²) in [7, 11) is 0. The van der Waals surface area contributed by atoms with Crippen LogP contribution in [0.3, 0.4) is 0 Å². The number of hydrogen-bond acceptors (Lipinski definition) is 5. The molecule has 0 fully saturated rings. The van der Waals surface area contributed by atoms with E-state index in [1.165, 1.54) is 15.1 Å². The van der Waals surface area contributed by atoms with Crippen molar-refractivity contribution < 1.29 is 9.53 Å². The Balaban J connectivity index is 1.71. The predicted molar refractivity (Wildman–Crippen MR) is 120 cm³/mol. The zero-order chi connectivity index (χ0) is 21.0. The molecule has 0 spiro atoms. The standard InChI is InChI=1S/C22H32N4O2S/c1-6-7-10-18-25-17-14-24-16-13-15(2)29-20(16)19(17)26(18)12-9-8-11-23-21(27)28-22(3,4)5/h13-14H,6-12H2,1-5H3,(H,23,27). The van der Waals surface area contributed by atoms with E-state index in [9.17, 15) is 4.79 Å². The number of thiophene rings is 1. The van der Waals surface area contributed by atoms with Gasteiger partial charge in [-0.3, -0.25) is 4.98 Å². The SMILES string of the molecule is CCCCc1nc2cnc3cc(C)sc3c2n1CCCCNC(=O)OC(C)(C)C. The van der Waals surface area contributed by atoms with E-state index in [1.54, 1.807) is 11.3 Å². The van der Waals surface area contributed by atoms with E-state index in [1.807, 2.05) is 27.0 Å². The first kappa shape index (κ1) is 21.6. The van der Waals surface area contributed by atoms with E-state index in [4.69, 9.17) is 9.72 Å². The van der Waals surface area contributed by atoms with Crippen molar-refractivity contribution in [3.63, 3.8) is 0 Å². The number of nitrogens with zero attached hydrogens (tertiary/aromatic N) is 3. The van der Waals surface area contributed by atoms with Crippen molar-refractivity contribution in [2.24, 2.45) is 0 Å². The molecule has 0 bridgehead atoms. The molecule has 1 N–H and O–H groups in total. The van der Waals surface area contributed by atoms with Gasteiger partial charge in [0.05, 0.1) is 21.9 Å². The second-order valence-corrected chi connectivity index (χ2v) is 9.74. The summed E-state index contributed by atoms with van der Waals surface area (Å²) in [6.07, 6.45) is 6.67. The molecule has 0 saturated heterocycles. The molecule has 0 aromatic carbocycles. The minimum Gasteiger partial charge on any atom is -0.444 e. The molecule has 3 heterocycles. The molecule has 1 amide bonds. The van der Waals surface area contributed by atoms with Gasteiger partial charge in [0, 0.05) is 24.4 Å². The van der Waals surface area contributed by atoms with Crippen LogP contribution in [0.15, 0.2) is 12.3 Å². The van der Waals surface area contributed by atoms with Gasteiger partial charge in [0.25, 0.3) is 0 Å². The van der Waals surface area contributed by atoms with E-state index >= 15 is 0 Å². The number of carbonyl (C=O) groups is 1. The maximum atomic E-state index is 11.8. The van der Waals surface area contributed by atoms with E-state index in [0.717, 1.165) is 55.5 Å². The third kappa shape index (κ3) is 5.47. The average Bonchev–Trinajstić information content (AvgIpc) is 3.17. The number of unbranched alkanes of at least 4 members (excludes halogenated alkanes) is 2. The number of amides is 1. The fraction of sp³-hybridized carbons (Fsp3) is 0.591. The van der Waals surface area contributed by atoms with Crippen LogP contribution < -0.4 is 5.32 Å². The molecule has 0 saturated carbocycles. The number of nitrogens with one attached hydrogen (secondary N) is 1. The second-order valence-electron chi connectivity index (χ2n) is 8.48. The number of rotatable bonds is 8. The molecule has 3 aromatic rings. The van der Waals surface area contributed by atoms with Crippen molar-refractivity contribution in [2.75, 3.05) is 6.54 Å². The number of aromatic nitrogens is 3. The number of fused-ring (bicyclic) bond motifs is 3. The fourth-order valence-electron chi connectivity index (χ4n) is 3.41. The molecule has 29 heavy (non-hydrogen) atoms. The van der Waals surface area contributed by atoms with Crippen molar-refractivity contribution in [3.05, 3.63) is 23.0 Å². The largest absolute Gasteiger partial charge is 0.444 e. The summed E-state index contributed by atoms with van der Waals surface area (Å²) < 4.78 is 8.89. The van der Waals surface area contributed by atoms with Crippen LogP contribution >= 0.6 is 11.3 Å². The normalized spacial score (nSPS) is 12.0. The van der Waals surface area contributed by atoms with Gasteiger partial charge in [0.1, 0.15) is 16.9 Å². The highest BCUT2D eigenvalue weighted by Gasteiger charge is 2.17. The first-order valence-electron chi connectivity index (χ1n) is 10.5. The van der Waals surface area contributed by atoms with E-state index in [-0.39, 0.29) is 6.09 Å². The van der Waals surface area contributed by atoms with Crippen molar-refractivity contribution in [1.82, 2.24) is 19.9 Å². The Labute approximate surface area is 176 Å². The van der Waals surface area contributed by atoms with E-state index in [0.29, 0.717) is 6.54 Å². The highest BCUT2D eigenvalue weighted by Crippen LogP contribution is 2.32. The molecule has 0 aliphatic heterocycles. The second kappa shape index (κ2) is 9.11. The Morgan fingerprint density at radius 2 is 2.03 bits per heavy atom. The minimum atomic E-state index is -0.466. The van der Waals surface area contributed by atoms with Gasteiger partial charge in [-0.25, -0.2) is 9.78 Å². The van der Waals surface area contributed by atoms with Gasteiger partial charge in [0.15, 0.2) is 0 Å². The smallest absolute Gasteiger partial charge is 0.407 e. The summed E-state index contributed by atoms with van der Waals surface area (Å²) in [4.78, 5) is 22.6. The number of imidazole rings is 1. The van der Waals surface area contributed by atoms with Crippen molar-refractivity contribution in [1.29, 1.82) is 0 Å². The van der Waals surface area contributed by atoms with E-state index < -0.39 is 5.60 Å². The molecule has 7 heteroatoms. The van der Waals surface area contributed by atoms with Crippen molar-refractivity contribution in [3.8, 4) is 0 Å². The first-order valence-corrected chi connectivity index (χ1v) is 11.3. The Morgan fingerprint density at radius 3 is 2.76 bits per heavy atom. The van der Waals surface area contributed by atoms with Gasteiger partial charge in [-0.2, -0.15) is 0 Å². The molecule has 0 aliphatic rings. The molecule has 3 aromatic heterocycles. The van der Waals surface area contributed by atoms with Gasteiger partial charge in [-0.05, 0) is 53.0 Å².